The first kappa shape index (κ1) is 14.9. The van der Waals surface area contributed by atoms with Crippen molar-refractivity contribution in [3.8, 4) is 0 Å². The zero-order chi connectivity index (χ0) is 11.2. The Kier molecular flexibility index (Phi) is 13.8. The van der Waals surface area contributed by atoms with Gasteiger partial charge in [0.1, 0.15) is 0 Å². The Labute approximate surface area is 95.0 Å². The summed E-state index contributed by atoms with van der Waals surface area (Å²) in [6.45, 7) is 4.44. The van der Waals surface area contributed by atoms with Crippen LogP contribution in [0.1, 0.15) is 64.7 Å². The summed E-state index contributed by atoms with van der Waals surface area (Å²) in [5, 5.41) is 8.59. The SMILES string of the molecule is CCCCCOCCCCCCCCO. The van der Waals surface area contributed by atoms with Crippen molar-refractivity contribution in [1.82, 2.24) is 0 Å². The molecule has 0 saturated carbocycles. The van der Waals surface area contributed by atoms with Crippen LogP contribution in [0.4, 0.5) is 0 Å². The molecule has 0 aliphatic rings. The van der Waals surface area contributed by atoms with E-state index in [1.54, 1.807) is 0 Å². The summed E-state index contributed by atoms with van der Waals surface area (Å²) in [6.07, 6.45) is 10.9. The van der Waals surface area contributed by atoms with Crippen molar-refractivity contribution in [2.24, 2.45) is 0 Å². The monoisotopic (exact) mass is 216 g/mol. The molecule has 0 aliphatic carbocycles. The molecule has 0 saturated heterocycles. The first-order valence-corrected chi connectivity index (χ1v) is 6.60. The van der Waals surface area contributed by atoms with Gasteiger partial charge in [-0.2, -0.15) is 0 Å². The second-order valence-electron chi connectivity index (χ2n) is 4.16. The van der Waals surface area contributed by atoms with E-state index in [1.807, 2.05) is 0 Å². The molecular formula is C13H28O2. The van der Waals surface area contributed by atoms with Crippen molar-refractivity contribution >= 4 is 0 Å². The molecule has 0 aliphatic heterocycles. The van der Waals surface area contributed by atoms with Crippen LogP contribution in [0.3, 0.4) is 0 Å². The van der Waals surface area contributed by atoms with Crippen LogP contribution in [0.25, 0.3) is 0 Å². The van der Waals surface area contributed by atoms with Gasteiger partial charge in [0.25, 0.3) is 0 Å². The molecule has 0 aromatic carbocycles. The molecule has 0 atom stereocenters. The van der Waals surface area contributed by atoms with Crippen LogP contribution < -0.4 is 0 Å². The topological polar surface area (TPSA) is 29.5 Å². The number of hydrogen-bond donors (Lipinski definition) is 1. The molecule has 0 unspecified atom stereocenters. The molecule has 15 heavy (non-hydrogen) atoms. The first-order chi connectivity index (χ1) is 7.41. The molecule has 2 heteroatoms. The Bertz CT molecular complexity index is 92.7. The lowest BCUT2D eigenvalue weighted by atomic mass is 10.1. The molecule has 0 spiro atoms. The zero-order valence-electron chi connectivity index (χ0n) is 10.3. The maximum absolute atomic E-state index is 8.59. The van der Waals surface area contributed by atoms with Crippen molar-refractivity contribution in [3.63, 3.8) is 0 Å². The summed E-state index contributed by atoms with van der Waals surface area (Å²) in [6, 6.07) is 0. The average molecular weight is 216 g/mol. The molecule has 1 N–H and O–H groups in total. The molecule has 0 amide bonds. The fourth-order valence-electron chi connectivity index (χ4n) is 1.58. The molecule has 0 fully saturated rings. The quantitative estimate of drug-likeness (QED) is 0.506. The van der Waals surface area contributed by atoms with Gasteiger partial charge in [-0.3, -0.25) is 0 Å². The van der Waals surface area contributed by atoms with Crippen LogP contribution >= 0.6 is 0 Å². The van der Waals surface area contributed by atoms with Crippen LogP contribution in [0.5, 0.6) is 0 Å². The number of unbranched alkanes of at least 4 members (excludes halogenated alkanes) is 7. The van der Waals surface area contributed by atoms with Crippen LogP contribution in [0.15, 0.2) is 0 Å². The van der Waals surface area contributed by atoms with Crippen LogP contribution in [0, 0.1) is 0 Å². The number of aliphatic hydroxyl groups excluding tert-OH is 1. The molecule has 92 valence electrons. The molecule has 0 bridgehead atoms. The van der Waals surface area contributed by atoms with Crippen LogP contribution in [-0.2, 0) is 4.74 Å². The van der Waals surface area contributed by atoms with Gasteiger partial charge in [-0.05, 0) is 19.3 Å². The highest BCUT2D eigenvalue weighted by Gasteiger charge is 1.92. The summed E-state index contributed by atoms with van der Waals surface area (Å²) in [5.74, 6) is 0. The Morgan fingerprint density at radius 1 is 0.733 bits per heavy atom. The van der Waals surface area contributed by atoms with Gasteiger partial charge in [-0.25, -0.2) is 0 Å². The normalized spacial score (nSPS) is 10.8. The number of aliphatic hydroxyl groups is 1. The lowest BCUT2D eigenvalue weighted by Crippen LogP contribution is -1.96. The summed E-state index contributed by atoms with van der Waals surface area (Å²) in [5.41, 5.74) is 0. The molecular weight excluding hydrogens is 188 g/mol. The first-order valence-electron chi connectivity index (χ1n) is 6.60. The average Bonchev–Trinajstić information content (AvgIpc) is 2.26. The second-order valence-corrected chi connectivity index (χ2v) is 4.16. The molecule has 2 nitrogen and oxygen atoms in total. The van der Waals surface area contributed by atoms with Gasteiger partial charge in [0.05, 0.1) is 0 Å². The van der Waals surface area contributed by atoms with E-state index in [0.717, 1.165) is 19.6 Å². The summed E-state index contributed by atoms with van der Waals surface area (Å²) in [7, 11) is 0. The fraction of sp³-hybridized carbons (Fsp3) is 1.00. The van der Waals surface area contributed by atoms with E-state index >= 15 is 0 Å². The van der Waals surface area contributed by atoms with Gasteiger partial charge >= 0.3 is 0 Å². The standard InChI is InChI=1S/C13H28O2/c1-2-3-9-12-15-13-10-7-5-4-6-8-11-14/h14H,2-13H2,1H3. The Morgan fingerprint density at radius 2 is 1.27 bits per heavy atom. The maximum atomic E-state index is 8.59. The number of hydrogen-bond acceptors (Lipinski definition) is 2. The van der Waals surface area contributed by atoms with Gasteiger partial charge in [0.2, 0.25) is 0 Å². The smallest absolute Gasteiger partial charge is 0.0466 e. The van der Waals surface area contributed by atoms with E-state index < -0.39 is 0 Å². The largest absolute Gasteiger partial charge is 0.396 e. The van der Waals surface area contributed by atoms with Gasteiger partial charge in [-0.15, -0.1) is 0 Å². The lowest BCUT2D eigenvalue weighted by Gasteiger charge is -2.03. The van der Waals surface area contributed by atoms with Crippen LogP contribution in [0.2, 0.25) is 0 Å². The minimum atomic E-state index is 0.348. The molecule has 0 rings (SSSR count). The second kappa shape index (κ2) is 13.9. The van der Waals surface area contributed by atoms with Crippen molar-refractivity contribution in [2.45, 2.75) is 64.7 Å². The van der Waals surface area contributed by atoms with E-state index in [1.165, 1.54) is 51.4 Å². The highest BCUT2D eigenvalue weighted by Crippen LogP contribution is 2.05. The summed E-state index contributed by atoms with van der Waals surface area (Å²) >= 11 is 0. The van der Waals surface area contributed by atoms with Gasteiger partial charge < -0.3 is 9.84 Å². The van der Waals surface area contributed by atoms with Crippen molar-refractivity contribution in [2.75, 3.05) is 19.8 Å². The molecule has 0 radical (unpaired) electrons. The Balaban J connectivity index is 2.81. The van der Waals surface area contributed by atoms with Gasteiger partial charge in [0, 0.05) is 19.8 Å². The third kappa shape index (κ3) is 13.9. The van der Waals surface area contributed by atoms with E-state index in [-0.39, 0.29) is 0 Å². The number of rotatable bonds is 12. The Hall–Kier alpha value is -0.0800. The minimum absolute atomic E-state index is 0.348. The van der Waals surface area contributed by atoms with Crippen molar-refractivity contribution in [3.05, 3.63) is 0 Å². The molecule has 0 aromatic rings. The third-order valence-corrected chi connectivity index (χ3v) is 2.59. The number of ether oxygens (including phenoxy) is 1. The molecule has 0 heterocycles. The predicted molar refractivity (Wildman–Crippen MR) is 65.1 cm³/mol. The maximum Gasteiger partial charge on any atom is 0.0466 e. The highest BCUT2D eigenvalue weighted by atomic mass is 16.5. The van der Waals surface area contributed by atoms with Crippen LogP contribution in [-0.4, -0.2) is 24.9 Å². The van der Waals surface area contributed by atoms with Crippen molar-refractivity contribution < 1.29 is 9.84 Å². The fourth-order valence-corrected chi connectivity index (χ4v) is 1.58. The van der Waals surface area contributed by atoms with Crippen molar-refractivity contribution in [1.29, 1.82) is 0 Å². The predicted octanol–water partition coefficient (Wildman–Crippen LogP) is 3.53. The molecule has 0 aromatic heterocycles. The minimum Gasteiger partial charge on any atom is -0.396 e. The highest BCUT2D eigenvalue weighted by molar-refractivity contribution is 4.45. The van der Waals surface area contributed by atoms with E-state index in [4.69, 9.17) is 9.84 Å². The van der Waals surface area contributed by atoms with E-state index in [0.29, 0.717) is 6.61 Å². The van der Waals surface area contributed by atoms with Gasteiger partial charge in [0.15, 0.2) is 0 Å². The van der Waals surface area contributed by atoms with Gasteiger partial charge in [-0.1, -0.05) is 45.4 Å². The third-order valence-electron chi connectivity index (χ3n) is 2.59. The summed E-state index contributed by atoms with van der Waals surface area (Å²) in [4.78, 5) is 0. The Morgan fingerprint density at radius 3 is 1.87 bits per heavy atom. The summed E-state index contributed by atoms with van der Waals surface area (Å²) < 4.78 is 5.52. The lowest BCUT2D eigenvalue weighted by molar-refractivity contribution is 0.126. The van der Waals surface area contributed by atoms with E-state index in [2.05, 4.69) is 6.92 Å². The van der Waals surface area contributed by atoms with E-state index in [9.17, 15) is 0 Å². The zero-order valence-corrected chi connectivity index (χ0v) is 10.3.